The first kappa shape index (κ1) is 16.6. The van der Waals surface area contributed by atoms with Gasteiger partial charge in [-0.2, -0.15) is 18.3 Å². The van der Waals surface area contributed by atoms with E-state index in [0.717, 1.165) is 59.8 Å². The fourth-order valence-corrected chi connectivity index (χ4v) is 4.29. The van der Waals surface area contributed by atoms with Gasteiger partial charge >= 0.3 is 6.18 Å². The van der Waals surface area contributed by atoms with Crippen LogP contribution in [-0.4, -0.2) is 39.4 Å². The first-order chi connectivity index (χ1) is 11.8. The molecule has 2 aromatic heterocycles. The van der Waals surface area contributed by atoms with Gasteiger partial charge in [0.05, 0.1) is 11.7 Å². The Balaban J connectivity index is 1.98. The second-order valence-electron chi connectivity index (χ2n) is 7.14. The molecule has 0 bridgehead atoms. The number of alkyl halides is 3. The van der Waals surface area contributed by atoms with Crippen molar-refractivity contribution >= 4 is 11.0 Å². The number of hydrogen-bond acceptors (Lipinski definition) is 3. The highest BCUT2D eigenvalue weighted by Crippen LogP contribution is 2.37. The summed E-state index contributed by atoms with van der Waals surface area (Å²) in [5, 5.41) is 5.09. The number of likely N-dealkylation sites (tertiary alicyclic amines) is 1. The van der Waals surface area contributed by atoms with Gasteiger partial charge < -0.3 is 4.98 Å². The number of pyridine rings is 1. The highest BCUT2D eigenvalue weighted by Gasteiger charge is 2.34. The Hall–Kier alpha value is -1.83. The van der Waals surface area contributed by atoms with E-state index in [4.69, 9.17) is 0 Å². The maximum absolute atomic E-state index is 13.0. The molecule has 8 heteroatoms. The second kappa shape index (κ2) is 5.86. The number of H-pyrrole nitrogens is 1. The quantitative estimate of drug-likeness (QED) is 0.902. The summed E-state index contributed by atoms with van der Waals surface area (Å²) in [5.41, 5.74) is 2.28. The zero-order valence-electron chi connectivity index (χ0n) is 14.1. The Morgan fingerprint density at radius 2 is 1.92 bits per heavy atom. The van der Waals surface area contributed by atoms with Gasteiger partial charge in [-0.05, 0) is 57.7 Å². The van der Waals surface area contributed by atoms with Crippen LogP contribution in [0.1, 0.15) is 48.5 Å². The standard InChI is InChI=1S/C17H21F3N4O/c1-23-8-4-7-12(23)14-13-10-5-2-3-6-11(10)16(25)21-15(13)24(22-14)9-17(18,19)20/h12H,2-9H2,1H3,(H,21,25)/t12-/m1/s1. The van der Waals surface area contributed by atoms with Gasteiger partial charge in [0, 0.05) is 10.9 Å². The van der Waals surface area contributed by atoms with Crippen LogP contribution in [0.5, 0.6) is 0 Å². The number of aromatic nitrogens is 3. The average molecular weight is 354 g/mol. The number of rotatable bonds is 2. The van der Waals surface area contributed by atoms with Gasteiger partial charge in [-0.1, -0.05) is 0 Å². The van der Waals surface area contributed by atoms with Gasteiger partial charge in [0.15, 0.2) is 0 Å². The van der Waals surface area contributed by atoms with Crippen molar-refractivity contribution in [2.24, 2.45) is 0 Å². The minimum atomic E-state index is -4.38. The summed E-state index contributed by atoms with van der Waals surface area (Å²) in [6, 6.07) is 0.00825. The summed E-state index contributed by atoms with van der Waals surface area (Å²) in [6.07, 6.45) is 0.808. The Bertz CT molecular complexity index is 867. The van der Waals surface area contributed by atoms with Crippen LogP contribution < -0.4 is 5.56 Å². The summed E-state index contributed by atoms with van der Waals surface area (Å²) in [7, 11) is 1.98. The van der Waals surface area contributed by atoms with Crippen LogP contribution in [0, 0.1) is 0 Å². The maximum atomic E-state index is 13.0. The minimum Gasteiger partial charge on any atom is -0.307 e. The predicted molar refractivity (Wildman–Crippen MR) is 87.7 cm³/mol. The van der Waals surface area contributed by atoms with Gasteiger partial charge in [-0.25, -0.2) is 4.68 Å². The smallest absolute Gasteiger partial charge is 0.307 e. The molecule has 136 valence electrons. The molecule has 0 saturated carbocycles. The topological polar surface area (TPSA) is 53.9 Å². The molecule has 0 radical (unpaired) electrons. The van der Waals surface area contributed by atoms with Gasteiger partial charge in [-0.3, -0.25) is 9.69 Å². The first-order valence-corrected chi connectivity index (χ1v) is 8.76. The van der Waals surface area contributed by atoms with E-state index in [1.54, 1.807) is 0 Å². The van der Waals surface area contributed by atoms with Crippen LogP contribution in [-0.2, 0) is 19.4 Å². The Kier molecular flexibility index (Phi) is 3.90. The molecule has 0 aromatic carbocycles. The molecule has 1 aliphatic carbocycles. The Labute approximate surface area is 142 Å². The van der Waals surface area contributed by atoms with Crippen LogP contribution in [0.2, 0.25) is 0 Å². The fourth-order valence-electron chi connectivity index (χ4n) is 4.29. The van der Waals surface area contributed by atoms with Crippen molar-refractivity contribution < 1.29 is 13.2 Å². The van der Waals surface area contributed by atoms with Crippen LogP contribution in [0.4, 0.5) is 13.2 Å². The number of aromatic amines is 1. The minimum absolute atomic E-state index is 0.00825. The van der Waals surface area contributed by atoms with Crippen molar-refractivity contribution in [2.45, 2.75) is 57.3 Å². The van der Waals surface area contributed by atoms with E-state index in [9.17, 15) is 18.0 Å². The zero-order valence-corrected chi connectivity index (χ0v) is 14.1. The van der Waals surface area contributed by atoms with Gasteiger partial charge in [0.25, 0.3) is 5.56 Å². The van der Waals surface area contributed by atoms with E-state index in [-0.39, 0.29) is 17.2 Å². The maximum Gasteiger partial charge on any atom is 0.408 e. The van der Waals surface area contributed by atoms with Gasteiger partial charge in [0.2, 0.25) is 0 Å². The van der Waals surface area contributed by atoms with E-state index in [0.29, 0.717) is 12.1 Å². The number of nitrogens with zero attached hydrogens (tertiary/aromatic N) is 3. The monoisotopic (exact) mass is 354 g/mol. The molecule has 2 aromatic rings. The highest BCUT2D eigenvalue weighted by atomic mass is 19.4. The predicted octanol–water partition coefficient (Wildman–Crippen LogP) is 2.93. The van der Waals surface area contributed by atoms with Crippen molar-refractivity contribution in [1.82, 2.24) is 19.7 Å². The highest BCUT2D eigenvalue weighted by molar-refractivity contribution is 5.84. The molecule has 0 unspecified atom stereocenters. The number of halogens is 3. The molecule has 0 spiro atoms. The largest absolute Gasteiger partial charge is 0.408 e. The van der Waals surface area contributed by atoms with Crippen molar-refractivity contribution in [2.75, 3.05) is 13.6 Å². The summed E-state index contributed by atoms with van der Waals surface area (Å²) in [5.74, 6) is 0. The van der Waals surface area contributed by atoms with Crippen molar-refractivity contribution in [3.8, 4) is 0 Å². The molecule has 1 aliphatic heterocycles. The SMILES string of the molecule is CN1CCC[C@@H]1c1nn(CC(F)(F)F)c2[nH]c(=O)c3c(c12)CCCC3. The lowest BCUT2D eigenvalue weighted by atomic mass is 9.89. The van der Waals surface area contributed by atoms with Crippen LogP contribution in [0.25, 0.3) is 11.0 Å². The van der Waals surface area contributed by atoms with Crippen molar-refractivity contribution in [3.63, 3.8) is 0 Å². The van der Waals surface area contributed by atoms with E-state index >= 15 is 0 Å². The number of aryl methyl sites for hydroxylation is 1. The third-order valence-electron chi connectivity index (χ3n) is 5.42. The molecule has 25 heavy (non-hydrogen) atoms. The molecule has 0 amide bonds. The van der Waals surface area contributed by atoms with Crippen LogP contribution in [0.3, 0.4) is 0 Å². The molecule has 3 heterocycles. The van der Waals surface area contributed by atoms with Crippen LogP contribution in [0.15, 0.2) is 4.79 Å². The van der Waals surface area contributed by atoms with E-state index in [2.05, 4.69) is 15.0 Å². The number of nitrogens with one attached hydrogen (secondary N) is 1. The molecule has 1 saturated heterocycles. The lowest BCUT2D eigenvalue weighted by molar-refractivity contribution is -0.142. The van der Waals surface area contributed by atoms with Gasteiger partial charge in [0.1, 0.15) is 12.2 Å². The number of fused-ring (bicyclic) bond motifs is 3. The lowest BCUT2D eigenvalue weighted by Gasteiger charge is -2.20. The molecule has 1 N–H and O–H groups in total. The molecule has 5 nitrogen and oxygen atoms in total. The van der Waals surface area contributed by atoms with E-state index < -0.39 is 12.7 Å². The molecule has 1 atom stereocenters. The second-order valence-corrected chi connectivity index (χ2v) is 7.14. The summed E-state index contributed by atoms with van der Waals surface area (Å²) in [6.45, 7) is -0.279. The average Bonchev–Trinajstić information content (AvgIpc) is 3.10. The molecule has 2 aliphatic rings. The Morgan fingerprint density at radius 1 is 1.20 bits per heavy atom. The molecular formula is C17H21F3N4O. The molecule has 1 fully saturated rings. The van der Waals surface area contributed by atoms with Crippen LogP contribution >= 0.6 is 0 Å². The Morgan fingerprint density at radius 3 is 2.56 bits per heavy atom. The van der Waals surface area contributed by atoms with Gasteiger partial charge in [-0.15, -0.1) is 0 Å². The van der Waals surface area contributed by atoms with Crippen molar-refractivity contribution in [1.29, 1.82) is 0 Å². The van der Waals surface area contributed by atoms with E-state index in [1.807, 2.05) is 7.05 Å². The zero-order chi connectivity index (χ0) is 17.8. The molecule has 4 rings (SSSR count). The normalized spacial score (nSPS) is 21.8. The summed E-state index contributed by atoms with van der Waals surface area (Å²) < 4.78 is 40.0. The fraction of sp³-hybridized carbons (Fsp3) is 0.647. The lowest BCUT2D eigenvalue weighted by Crippen LogP contribution is -2.22. The molecular weight excluding hydrogens is 333 g/mol. The first-order valence-electron chi connectivity index (χ1n) is 8.76. The summed E-state index contributed by atoms with van der Waals surface area (Å²) >= 11 is 0. The van der Waals surface area contributed by atoms with Crippen molar-refractivity contribution in [3.05, 3.63) is 27.2 Å². The summed E-state index contributed by atoms with van der Waals surface area (Å²) in [4.78, 5) is 17.2. The third-order valence-corrected chi connectivity index (χ3v) is 5.42. The van der Waals surface area contributed by atoms with E-state index in [1.165, 1.54) is 0 Å². The third kappa shape index (κ3) is 2.86. The number of hydrogen-bond donors (Lipinski definition) is 1.